The molecule has 92 valence electrons. The summed E-state index contributed by atoms with van der Waals surface area (Å²) >= 11 is 0. The van der Waals surface area contributed by atoms with Crippen LogP contribution in [0.25, 0.3) is 0 Å². The molecule has 1 heterocycles. The van der Waals surface area contributed by atoms with Crippen molar-refractivity contribution in [2.75, 3.05) is 19.6 Å². The second kappa shape index (κ2) is 5.25. The Morgan fingerprint density at radius 1 is 1.41 bits per heavy atom. The molecule has 1 aromatic rings. The van der Waals surface area contributed by atoms with Crippen LogP contribution in [0, 0.1) is 10.1 Å². The van der Waals surface area contributed by atoms with E-state index in [1.165, 1.54) is 18.9 Å². The topological polar surface area (TPSA) is 72.4 Å². The second-order valence-electron chi connectivity index (χ2n) is 4.47. The fraction of sp³-hybridized carbons (Fsp3) is 0.500. The number of nitrogens with zero attached hydrogens (tertiary/aromatic N) is 2. The molecule has 1 aromatic carbocycles. The van der Waals surface area contributed by atoms with E-state index in [4.69, 9.17) is 5.73 Å². The van der Waals surface area contributed by atoms with E-state index in [9.17, 15) is 10.1 Å². The van der Waals surface area contributed by atoms with E-state index in [0.717, 1.165) is 25.2 Å². The van der Waals surface area contributed by atoms with Gasteiger partial charge >= 0.3 is 0 Å². The van der Waals surface area contributed by atoms with E-state index < -0.39 is 0 Å². The van der Waals surface area contributed by atoms with Gasteiger partial charge in [0.15, 0.2) is 0 Å². The highest BCUT2D eigenvalue weighted by Gasteiger charge is 2.17. The van der Waals surface area contributed by atoms with Crippen molar-refractivity contribution in [3.8, 4) is 0 Å². The van der Waals surface area contributed by atoms with E-state index >= 15 is 0 Å². The molecule has 0 bridgehead atoms. The molecule has 1 fully saturated rings. The van der Waals surface area contributed by atoms with Crippen LogP contribution in [0.1, 0.15) is 24.4 Å². The van der Waals surface area contributed by atoms with Gasteiger partial charge < -0.3 is 10.6 Å². The predicted octanol–water partition coefficient (Wildman–Crippen LogP) is 1.69. The molecule has 2 rings (SSSR count). The Balaban J connectivity index is 2.04. The zero-order valence-corrected chi connectivity index (χ0v) is 9.71. The number of nitro groups is 1. The maximum absolute atomic E-state index is 10.7. The molecule has 5 nitrogen and oxygen atoms in total. The summed E-state index contributed by atoms with van der Waals surface area (Å²) in [6, 6.07) is 6.46. The van der Waals surface area contributed by atoms with E-state index in [1.54, 1.807) is 12.1 Å². The number of nitrogens with two attached hydrogens (primary N) is 1. The largest absolute Gasteiger partial charge is 0.323 e. The van der Waals surface area contributed by atoms with Gasteiger partial charge in [0, 0.05) is 24.7 Å². The quantitative estimate of drug-likeness (QED) is 0.636. The van der Waals surface area contributed by atoms with Gasteiger partial charge in [-0.25, -0.2) is 0 Å². The van der Waals surface area contributed by atoms with Gasteiger partial charge in [0.05, 0.1) is 4.92 Å². The van der Waals surface area contributed by atoms with Crippen LogP contribution in [0.3, 0.4) is 0 Å². The lowest BCUT2D eigenvalue weighted by atomic mass is 10.1. The summed E-state index contributed by atoms with van der Waals surface area (Å²) in [6.07, 6.45) is 2.45. The van der Waals surface area contributed by atoms with Crippen molar-refractivity contribution in [2.45, 2.75) is 18.9 Å². The van der Waals surface area contributed by atoms with Crippen LogP contribution >= 0.6 is 0 Å². The Bertz CT molecular complexity index is 402. The molecular weight excluding hydrogens is 218 g/mol. The van der Waals surface area contributed by atoms with Gasteiger partial charge in [-0.3, -0.25) is 10.1 Å². The van der Waals surface area contributed by atoms with Gasteiger partial charge in [0.25, 0.3) is 5.69 Å². The fourth-order valence-corrected chi connectivity index (χ4v) is 2.22. The van der Waals surface area contributed by atoms with E-state index in [2.05, 4.69) is 4.90 Å². The first-order chi connectivity index (χ1) is 8.16. The molecule has 0 aromatic heterocycles. The maximum Gasteiger partial charge on any atom is 0.269 e. The molecule has 0 saturated carbocycles. The third-order valence-corrected chi connectivity index (χ3v) is 3.16. The van der Waals surface area contributed by atoms with Crippen molar-refractivity contribution in [3.63, 3.8) is 0 Å². The smallest absolute Gasteiger partial charge is 0.269 e. The third kappa shape index (κ3) is 3.01. The van der Waals surface area contributed by atoms with Crippen molar-refractivity contribution >= 4 is 5.69 Å². The number of benzene rings is 1. The molecule has 2 N–H and O–H groups in total. The molecule has 0 unspecified atom stereocenters. The lowest BCUT2D eigenvalue weighted by molar-refractivity contribution is -0.384. The van der Waals surface area contributed by atoms with Crippen LogP contribution in [-0.4, -0.2) is 29.5 Å². The van der Waals surface area contributed by atoms with Gasteiger partial charge in [-0.15, -0.1) is 0 Å². The molecule has 5 heteroatoms. The van der Waals surface area contributed by atoms with Gasteiger partial charge in [-0.2, -0.15) is 0 Å². The highest BCUT2D eigenvalue weighted by Crippen LogP contribution is 2.19. The number of nitro benzene ring substituents is 1. The lowest BCUT2D eigenvalue weighted by Crippen LogP contribution is -2.29. The summed E-state index contributed by atoms with van der Waals surface area (Å²) in [4.78, 5) is 12.6. The molecule has 1 aliphatic rings. The molecule has 0 radical (unpaired) electrons. The highest BCUT2D eigenvalue weighted by atomic mass is 16.6. The van der Waals surface area contributed by atoms with Crippen molar-refractivity contribution < 1.29 is 4.92 Å². The predicted molar refractivity (Wildman–Crippen MR) is 65.7 cm³/mol. The van der Waals surface area contributed by atoms with Crippen LogP contribution in [0.5, 0.6) is 0 Å². The first kappa shape index (κ1) is 12.0. The van der Waals surface area contributed by atoms with Crippen LogP contribution in [-0.2, 0) is 0 Å². The number of hydrogen-bond donors (Lipinski definition) is 1. The molecule has 0 amide bonds. The standard InChI is InChI=1S/C12H17N3O2/c13-12(9-14-6-1-2-7-14)10-4-3-5-11(8-10)15(16)17/h3-5,8,12H,1-2,6-7,9,13H2/t12-/m1/s1. The van der Waals surface area contributed by atoms with Crippen LogP contribution < -0.4 is 5.73 Å². The van der Waals surface area contributed by atoms with Gasteiger partial charge in [-0.05, 0) is 31.5 Å². The van der Waals surface area contributed by atoms with Crippen LogP contribution in [0.15, 0.2) is 24.3 Å². The Kier molecular flexibility index (Phi) is 3.71. The fourth-order valence-electron chi connectivity index (χ4n) is 2.22. The molecule has 17 heavy (non-hydrogen) atoms. The Labute approximate surface area is 100 Å². The SMILES string of the molecule is N[C@H](CN1CCCC1)c1cccc([N+](=O)[O-])c1. The monoisotopic (exact) mass is 235 g/mol. The Morgan fingerprint density at radius 2 is 2.12 bits per heavy atom. The minimum absolute atomic E-state index is 0.111. The molecular formula is C12H17N3O2. The van der Waals surface area contributed by atoms with Crippen LogP contribution in [0.2, 0.25) is 0 Å². The number of hydrogen-bond acceptors (Lipinski definition) is 4. The van der Waals surface area contributed by atoms with Gasteiger partial charge in [0.2, 0.25) is 0 Å². The summed E-state index contributed by atoms with van der Waals surface area (Å²) in [5.74, 6) is 0. The number of rotatable bonds is 4. The van der Waals surface area contributed by atoms with Crippen molar-refractivity contribution in [1.29, 1.82) is 0 Å². The summed E-state index contributed by atoms with van der Waals surface area (Å²) in [5, 5.41) is 10.7. The summed E-state index contributed by atoms with van der Waals surface area (Å²) < 4.78 is 0. The zero-order valence-electron chi connectivity index (χ0n) is 9.71. The minimum Gasteiger partial charge on any atom is -0.323 e. The molecule has 1 saturated heterocycles. The Morgan fingerprint density at radius 3 is 2.76 bits per heavy atom. The minimum atomic E-state index is -0.383. The highest BCUT2D eigenvalue weighted by molar-refractivity contribution is 5.35. The van der Waals surface area contributed by atoms with E-state index in [1.807, 2.05) is 6.07 Å². The maximum atomic E-state index is 10.7. The molecule has 0 aliphatic carbocycles. The second-order valence-corrected chi connectivity index (χ2v) is 4.47. The Hall–Kier alpha value is -1.46. The zero-order chi connectivity index (χ0) is 12.3. The van der Waals surface area contributed by atoms with Gasteiger partial charge in [-0.1, -0.05) is 12.1 Å². The summed E-state index contributed by atoms with van der Waals surface area (Å²) in [5.41, 5.74) is 7.03. The third-order valence-electron chi connectivity index (χ3n) is 3.16. The molecule has 0 spiro atoms. The average molecular weight is 235 g/mol. The van der Waals surface area contributed by atoms with Crippen molar-refractivity contribution in [2.24, 2.45) is 5.73 Å². The van der Waals surface area contributed by atoms with Gasteiger partial charge in [0.1, 0.15) is 0 Å². The normalized spacial score (nSPS) is 18.2. The average Bonchev–Trinajstić information content (AvgIpc) is 2.82. The first-order valence-corrected chi connectivity index (χ1v) is 5.89. The first-order valence-electron chi connectivity index (χ1n) is 5.89. The summed E-state index contributed by atoms with van der Waals surface area (Å²) in [7, 11) is 0. The van der Waals surface area contributed by atoms with Crippen molar-refractivity contribution in [3.05, 3.63) is 39.9 Å². The lowest BCUT2D eigenvalue weighted by Gasteiger charge is -2.20. The number of non-ortho nitro benzene ring substituents is 1. The van der Waals surface area contributed by atoms with E-state index in [0.29, 0.717) is 0 Å². The summed E-state index contributed by atoms with van der Waals surface area (Å²) in [6.45, 7) is 2.95. The number of likely N-dealkylation sites (tertiary alicyclic amines) is 1. The molecule has 1 aliphatic heterocycles. The van der Waals surface area contributed by atoms with Crippen molar-refractivity contribution in [1.82, 2.24) is 4.90 Å². The molecule has 1 atom stereocenters. The van der Waals surface area contributed by atoms with E-state index in [-0.39, 0.29) is 16.7 Å². The van der Waals surface area contributed by atoms with Crippen LogP contribution in [0.4, 0.5) is 5.69 Å².